The van der Waals surface area contributed by atoms with Gasteiger partial charge in [-0.05, 0) is 12.0 Å². The number of carbonyl (C=O) groups excluding carboxylic acids is 1. The monoisotopic (exact) mass is 238 g/mol. The molecule has 1 rings (SSSR count). The SMILES string of the molecule is COC(=O)N(C)CCc1ccc([N+](=O)[O-])cc1. The summed E-state index contributed by atoms with van der Waals surface area (Å²) in [5.74, 6) is 0. The third-order valence-electron chi connectivity index (χ3n) is 2.37. The van der Waals surface area contributed by atoms with Gasteiger partial charge in [0, 0.05) is 25.7 Å². The zero-order chi connectivity index (χ0) is 12.8. The van der Waals surface area contributed by atoms with Crippen LogP contribution in [0.5, 0.6) is 0 Å². The molecular formula is C11H14N2O4. The Hall–Kier alpha value is -2.11. The molecule has 0 spiro atoms. The van der Waals surface area contributed by atoms with E-state index in [0.29, 0.717) is 13.0 Å². The van der Waals surface area contributed by atoms with Gasteiger partial charge in [-0.1, -0.05) is 12.1 Å². The zero-order valence-corrected chi connectivity index (χ0v) is 9.75. The number of rotatable bonds is 4. The van der Waals surface area contributed by atoms with Gasteiger partial charge in [0.15, 0.2) is 0 Å². The van der Waals surface area contributed by atoms with Crippen molar-refractivity contribution in [2.75, 3.05) is 20.7 Å². The first-order chi connectivity index (χ1) is 8.04. The van der Waals surface area contributed by atoms with Crippen molar-refractivity contribution >= 4 is 11.8 Å². The van der Waals surface area contributed by atoms with Crippen LogP contribution in [-0.4, -0.2) is 36.6 Å². The van der Waals surface area contributed by atoms with Crippen LogP contribution < -0.4 is 0 Å². The lowest BCUT2D eigenvalue weighted by Crippen LogP contribution is -2.28. The van der Waals surface area contributed by atoms with Crippen LogP contribution in [0.1, 0.15) is 5.56 Å². The lowest BCUT2D eigenvalue weighted by atomic mass is 10.1. The molecule has 0 atom stereocenters. The largest absolute Gasteiger partial charge is 0.453 e. The third-order valence-corrected chi connectivity index (χ3v) is 2.37. The number of nitro groups is 1. The number of non-ortho nitro benzene ring substituents is 1. The van der Waals surface area contributed by atoms with Crippen LogP contribution in [0.25, 0.3) is 0 Å². The van der Waals surface area contributed by atoms with E-state index in [9.17, 15) is 14.9 Å². The van der Waals surface area contributed by atoms with E-state index in [-0.39, 0.29) is 5.69 Å². The van der Waals surface area contributed by atoms with Crippen molar-refractivity contribution in [2.45, 2.75) is 6.42 Å². The van der Waals surface area contributed by atoms with E-state index < -0.39 is 11.0 Å². The summed E-state index contributed by atoms with van der Waals surface area (Å²) in [6.45, 7) is 0.504. The molecule has 0 unspecified atom stereocenters. The third kappa shape index (κ3) is 3.75. The Morgan fingerprint density at radius 2 is 2.00 bits per heavy atom. The number of hydrogen-bond donors (Lipinski definition) is 0. The fourth-order valence-corrected chi connectivity index (χ4v) is 1.33. The lowest BCUT2D eigenvalue weighted by Gasteiger charge is -2.14. The predicted octanol–water partition coefficient (Wildman–Crippen LogP) is 1.84. The molecule has 0 N–H and O–H groups in total. The zero-order valence-electron chi connectivity index (χ0n) is 9.75. The predicted molar refractivity (Wildman–Crippen MR) is 61.8 cm³/mol. The van der Waals surface area contributed by atoms with Crippen molar-refractivity contribution in [1.82, 2.24) is 4.90 Å². The van der Waals surface area contributed by atoms with Gasteiger partial charge in [0.1, 0.15) is 0 Å². The van der Waals surface area contributed by atoms with Gasteiger partial charge in [0.2, 0.25) is 0 Å². The second-order valence-corrected chi connectivity index (χ2v) is 3.57. The number of hydrogen-bond acceptors (Lipinski definition) is 4. The maximum atomic E-state index is 11.1. The Kier molecular flexibility index (Phi) is 4.45. The maximum absolute atomic E-state index is 11.1. The van der Waals surface area contributed by atoms with Crippen LogP contribution in [0.15, 0.2) is 24.3 Å². The number of methoxy groups -OCH3 is 1. The van der Waals surface area contributed by atoms with E-state index in [1.165, 1.54) is 24.1 Å². The molecule has 6 heteroatoms. The number of benzene rings is 1. The van der Waals surface area contributed by atoms with Crippen molar-refractivity contribution in [2.24, 2.45) is 0 Å². The quantitative estimate of drug-likeness (QED) is 0.592. The number of likely N-dealkylation sites (N-methyl/N-ethyl adjacent to an activating group) is 1. The van der Waals surface area contributed by atoms with Gasteiger partial charge >= 0.3 is 6.09 Å². The van der Waals surface area contributed by atoms with Crippen molar-refractivity contribution in [3.8, 4) is 0 Å². The summed E-state index contributed by atoms with van der Waals surface area (Å²) in [5, 5.41) is 10.4. The Bertz CT molecular complexity index is 402. The lowest BCUT2D eigenvalue weighted by molar-refractivity contribution is -0.384. The molecule has 1 aromatic rings. The molecule has 0 aromatic heterocycles. The highest BCUT2D eigenvalue weighted by molar-refractivity contribution is 5.66. The topological polar surface area (TPSA) is 72.7 Å². The van der Waals surface area contributed by atoms with Crippen LogP contribution >= 0.6 is 0 Å². The van der Waals surface area contributed by atoms with Gasteiger partial charge in [-0.15, -0.1) is 0 Å². The van der Waals surface area contributed by atoms with E-state index >= 15 is 0 Å². The minimum Gasteiger partial charge on any atom is -0.453 e. The summed E-state index contributed by atoms with van der Waals surface area (Å²) in [6, 6.07) is 6.27. The van der Waals surface area contributed by atoms with E-state index in [1.807, 2.05) is 0 Å². The van der Waals surface area contributed by atoms with Crippen LogP contribution in [0.2, 0.25) is 0 Å². The first kappa shape index (κ1) is 13.0. The average molecular weight is 238 g/mol. The van der Waals surface area contributed by atoms with Gasteiger partial charge in [-0.3, -0.25) is 10.1 Å². The van der Waals surface area contributed by atoms with Gasteiger partial charge in [-0.25, -0.2) is 4.79 Å². The molecule has 6 nitrogen and oxygen atoms in total. The number of ether oxygens (including phenoxy) is 1. The summed E-state index contributed by atoms with van der Waals surface area (Å²) >= 11 is 0. The molecule has 1 aromatic carbocycles. The Morgan fingerprint density at radius 1 is 1.41 bits per heavy atom. The molecule has 0 aliphatic heterocycles. The smallest absolute Gasteiger partial charge is 0.409 e. The summed E-state index contributed by atoms with van der Waals surface area (Å²) in [4.78, 5) is 22.5. The van der Waals surface area contributed by atoms with E-state index in [1.54, 1.807) is 19.2 Å². The molecular weight excluding hydrogens is 224 g/mol. The molecule has 0 aliphatic carbocycles. The highest BCUT2D eigenvalue weighted by Gasteiger charge is 2.08. The van der Waals surface area contributed by atoms with Gasteiger partial charge in [-0.2, -0.15) is 0 Å². The van der Waals surface area contributed by atoms with Crippen LogP contribution in [-0.2, 0) is 11.2 Å². The number of nitrogens with zero attached hydrogens (tertiary/aromatic N) is 2. The summed E-state index contributed by atoms with van der Waals surface area (Å²) in [7, 11) is 2.96. The molecule has 0 fully saturated rings. The first-order valence-electron chi connectivity index (χ1n) is 5.07. The van der Waals surface area contributed by atoms with Crippen LogP contribution in [0, 0.1) is 10.1 Å². The fraction of sp³-hybridized carbons (Fsp3) is 0.364. The second-order valence-electron chi connectivity index (χ2n) is 3.57. The number of nitro benzene ring substituents is 1. The van der Waals surface area contributed by atoms with Crippen LogP contribution in [0.3, 0.4) is 0 Å². The minimum atomic E-state index is -0.440. The fourth-order valence-electron chi connectivity index (χ4n) is 1.33. The van der Waals surface area contributed by atoms with Crippen molar-refractivity contribution in [3.05, 3.63) is 39.9 Å². The van der Waals surface area contributed by atoms with Gasteiger partial charge in [0.05, 0.1) is 12.0 Å². The van der Waals surface area contributed by atoms with Crippen molar-refractivity contribution < 1.29 is 14.5 Å². The van der Waals surface area contributed by atoms with Crippen molar-refractivity contribution in [3.63, 3.8) is 0 Å². The molecule has 1 amide bonds. The summed E-state index contributed by atoms with van der Waals surface area (Å²) in [6.07, 6.45) is 0.232. The molecule has 0 bridgehead atoms. The normalized spacial score (nSPS) is 9.76. The molecule has 0 heterocycles. The first-order valence-corrected chi connectivity index (χ1v) is 5.07. The van der Waals surface area contributed by atoms with Gasteiger partial charge in [0.25, 0.3) is 5.69 Å². The molecule has 17 heavy (non-hydrogen) atoms. The standard InChI is InChI=1S/C11H14N2O4/c1-12(11(14)17-2)8-7-9-3-5-10(6-4-9)13(15)16/h3-6H,7-8H2,1-2H3. The molecule has 92 valence electrons. The Labute approximate surface area is 98.9 Å². The summed E-state index contributed by atoms with van der Waals surface area (Å²) in [5.41, 5.74) is 1.00. The van der Waals surface area contributed by atoms with Gasteiger partial charge < -0.3 is 9.64 Å². The number of carbonyl (C=O) groups is 1. The minimum absolute atomic E-state index is 0.0649. The average Bonchev–Trinajstić information content (AvgIpc) is 2.35. The number of amides is 1. The Morgan fingerprint density at radius 3 is 2.47 bits per heavy atom. The Balaban J connectivity index is 2.53. The second kappa shape index (κ2) is 5.83. The molecule has 0 aliphatic rings. The van der Waals surface area contributed by atoms with E-state index in [0.717, 1.165) is 5.56 Å². The van der Waals surface area contributed by atoms with Crippen LogP contribution in [0.4, 0.5) is 10.5 Å². The van der Waals surface area contributed by atoms with E-state index in [2.05, 4.69) is 4.74 Å². The molecule has 0 saturated carbocycles. The molecule has 0 radical (unpaired) electrons. The highest BCUT2D eigenvalue weighted by atomic mass is 16.6. The van der Waals surface area contributed by atoms with E-state index in [4.69, 9.17) is 0 Å². The highest BCUT2D eigenvalue weighted by Crippen LogP contribution is 2.12. The molecule has 0 saturated heterocycles. The van der Waals surface area contributed by atoms with Crippen molar-refractivity contribution in [1.29, 1.82) is 0 Å². The maximum Gasteiger partial charge on any atom is 0.409 e. The summed E-state index contributed by atoms with van der Waals surface area (Å²) < 4.78 is 4.55.